The molecule has 22 heavy (non-hydrogen) atoms. The van der Waals surface area contributed by atoms with E-state index in [0.29, 0.717) is 5.56 Å². The van der Waals surface area contributed by atoms with Crippen molar-refractivity contribution in [2.24, 2.45) is 0 Å². The second kappa shape index (κ2) is 6.22. The average Bonchev–Trinajstić information content (AvgIpc) is 2.57. The van der Waals surface area contributed by atoms with Crippen molar-refractivity contribution < 1.29 is 9.18 Å². The molecule has 3 rings (SSSR count). The van der Waals surface area contributed by atoms with Crippen molar-refractivity contribution in [3.63, 3.8) is 0 Å². The van der Waals surface area contributed by atoms with Crippen molar-refractivity contribution in [2.75, 3.05) is 5.32 Å². The van der Waals surface area contributed by atoms with Crippen LogP contribution >= 0.6 is 0 Å². The Hall–Kier alpha value is -2.94. The first-order chi connectivity index (χ1) is 10.7. The minimum absolute atomic E-state index is 0.261. The van der Waals surface area contributed by atoms with Crippen LogP contribution in [-0.4, -0.2) is 5.91 Å². The average molecular weight is 291 g/mol. The van der Waals surface area contributed by atoms with E-state index in [1.54, 1.807) is 0 Å². The van der Waals surface area contributed by atoms with Crippen LogP contribution in [0.1, 0.15) is 10.4 Å². The molecule has 0 aliphatic heterocycles. The van der Waals surface area contributed by atoms with Crippen LogP contribution in [0.15, 0.2) is 78.9 Å². The van der Waals surface area contributed by atoms with Crippen molar-refractivity contribution in [1.29, 1.82) is 0 Å². The fourth-order valence-electron chi connectivity index (χ4n) is 2.26. The van der Waals surface area contributed by atoms with E-state index in [-0.39, 0.29) is 11.7 Å². The fourth-order valence-corrected chi connectivity index (χ4v) is 2.26. The topological polar surface area (TPSA) is 29.1 Å². The highest BCUT2D eigenvalue weighted by Crippen LogP contribution is 2.27. The molecule has 0 unspecified atom stereocenters. The molecule has 1 N–H and O–H groups in total. The van der Waals surface area contributed by atoms with E-state index in [2.05, 4.69) is 5.32 Å². The molecule has 3 aromatic carbocycles. The molecule has 0 aliphatic rings. The second-order valence-electron chi connectivity index (χ2n) is 4.87. The zero-order valence-corrected chi connectivity index (χ0v) is 11.8. The summed E-state index contributed by atoms with van der Waals surface area (Å²) in [5, 5.41) is 2.88. The molecule has 3 aromatic rings. The Morgan fingerprint density at radius 1 is 0.773 bits per heavy atom. The number of carbonyl (C=O) groups excluding carboxylic acids is 1. The zero-order chi connectivity index (χ0) is 15.4. The van der Waals surface area contributed by atoms with Crippen molar-refractivity contribution in [3.8, 4) is 11.1 Å². The first-order valence-corrected chi connectivity index (χ1v) is 6.95. The summed E-state index contributed by atoms with van der Waals surface area (Å²) < 4.78 is 12.9. The smallest absolute Gasteiger partial charge is 0.255 e. The molecule has 0 saturated carbocycles. The Morgan fingerprint density at radius 3 is 2.14 bits per heavy atom. The van der Waals surface area contributed by atoms with Gasteiger partial charge in [-0.1, -0.05) is 48.5 Å². The first kappa shape index (κ1) is 14.0. The summed E-state index contributed by atoms with van der Waals surface area (Å²) in [7, 11) is 0. The molecule has 0 radical (unpaired) electrons. The molecule has 0 fully saturated rings. The SMILES string of the molecule is O=C(Nc1ccccc1-c1ccccc1)c1ccc(F)cc1. The van der Waals surface area contributed by atoms with Crippen molar-refractivity contribution in [2.45, 2.75) is 0 Å². The third kappa shape index (κ3) is 3.04. The quantitative estimate of drug-likeness (QED) is 0.741. The lowest BCUT2D eigenvalue weighted by molar-refractivity contribution is 0.102. The molecule has 108 valence electrons. The monoisotopic (exact) mass is 291 g/mol. The summed E-state index contributed by atoms with van der Waals surface area (Å²) in [6.45, 7) is 0. The highest BCUT2D eigenvalue weighted by molar-refractivity contribution is 6.06. The van der Waals surface area contributed by atoms with Gasteiger partial charge < -0.3 is 5.32 Å². The molecule has 0 aromatic heterocycles. The van der Waals surface area contributed by atoms with E-state index in [1.807, 2.05) is 54.6 Å². The van der Waals surface area contributed by atoms with Crippen LogP contribution in [0.4, 0.5) is 10.1 Å². The van der Waals surface area contributed by atoms with Crippen LogP contribution in [-0.2, 0) is 0 Å². The summed E-state index contributed by atoms with van der Waals surface area (Å²) >= 11 is 0. The number of benzene rings is 3. The number of hydrogen-bond donors (Lipinski definition) is 1. The molecule has 2 nitrogen and oxygen atoms in total. The molecule has 0 spiro atoms. The molecule has 1 amide bonds. The lowest BCUT2D eigenvalue weighted by Gasteiger charge is -2.11. The van der Waals surface area contributed by atoms with Crippen molar-refractivity contribution >= 4 is 11.6 Å². The maximum atomic E-state index is 12.9. The third-order valence-corrected chi connectivity index (χ3v) is 3.37. The highest BCUT2D eigenvalue weighted by Gasteiger charge is 2.10. The number of amides is 1. The number of para-hydroxylation sites is 1. The molecular weight excluding hydrogens is 277 g/mol. The Labute approximate surface area is 128 Å². The standard InChI is InChI=1S/C19H14FNO/c20-16-12-10-15(11-13-16)19(22)21-18-9-5-4-8-17(18)14-6-2-1-3-7-14/h1-13H,(H,21,22). The fraction of sp³-hybridized carbons (Fsp3) is 0. The Balaban J connectivity index is 1.90. The summed E-state index contributed by atoms with van der Waals surface area (Å²) in [5.41, 5.74) is 3.11. The Morgan fingerprint density at radius 2 is 1.41 bits per heavy atom. The van der Waals surface area contributed by atoms with E-state index in [4.69, 9.17) is 0 Å². The van der Waals surface area contributed by atoms with E-state index in [9.17, 15) is 9.18 Å². The highest BCUT2D eigenvalue weighted by atomic mass is 19.1. The zero-order valence-electron chi connectivity index (χ0n) is 11.8. The van der Waals surface area contributed by atoms with Gasteiger partial charge in [-0.2, -0.15) is 0 Å². The van der Waals surface area contributed by atoms with E-state index < -0.39 is 0 Å². The van der Waals surface area contributed by atoms with Gasteiger partial charge in [-0.15, -0.1) is 0 Å². The Bertz CT molecular complexity index is 782. The number of hydrogen-bond acceptors (Lipinski definition) is 1. The van der Waals surface area contributed by atoms with Gasteiger partial charge in [-0.05, 0) is 35.9 Å². The third-order valence-electron chi connectivity index (χ3n) is 3.37. The molecule has 3 heteroatoms. The second-order valence-corrected chi connectivity index (χ2v) is 4.87. The van der Waals surface area contributed by atoms with Gasteiger partial charge in [0.05, 0.1) is 0 Å². The van der Waals surface area contributed by atoms with Gasteiger partial charge in [0.1, 0.15) is 5.82 Å². The molecule has 0 atom stereocenters. The van der Waals surface area contributed by atoms with E-state index in [0.717, 1.165) is 16.8 Å². The van der Waals surface area contributed by atoms with Gasteiger partial charge >= 0.3 is 0 Å². The molecule has 0 heterocycles. The molecule has 0 aliphatic carbocycles. The van der Waals surface area contributed by atoms with Crippen molar-refractivity contribution in [1.82, 2.24) is 0 Å². The summed E-state index contributed by atoms with van der Waals surface area (Å²) in [6, 6.07) is 22.9. The van der Waals surface area contributed by atoms with Crippen LogP contribution < -0.4 is 5.32 Å². The van der Waals surface area contributed by atoms with Gasteiger partial charge in [0, 0.05) is 16.8 Å². The molecule has 0 saturated heterocycles. The first-order valence-electron chi connectivity index (χ1n) is 6.95. The van der Waals surface area contributed by atoms with Crippen LogP contribution in [0.25, 0.3) is 11.1 Å². The van der Waals surface area contributed by atoms with Crippen LogP contribution in [0.3, 0.4) is 0 Å². The number of nitrogens with one attached hydrogen (secondary N) is 1. The lowest BCUT2D eigenvalue weighted by Crippen LogP contribution is -2.12. The lowest BCUT2D eigenvalue weighted by atomic mass is 10.0. The summed E-state index contributed by atoms with van der Waals surface area (Å²) in [5.74, 6) is -0.621. The van der Waals surface area contributed by atoms with E-state index >= 15 is 0 Å². The molecule has 0 bridgehead atoms. The summed E-state index contributed by atoms with van der Waals surface area (Å²) in [4.78, 5) is 12.3. The maximum absolute atomic E-state index is 12.9. The number of carbonyl (C=O) groups is 1. The number of rotatable bonds is 3. The predicted octanol–water partition coefficient (Wildman–Crippen LogP) is 4.75. The minimum atomic E-state index is -0.360. The van der Waals surface area contributed by atoms with Gasteiger partial charge in [0.2, 0.25) is 0 Å². The molecular formula is C19H14FNO. The van der Waals surface area contributed by atoms with Gasteiger partial charge in [0.25, 0.3) is 5.91 Å². The minimum Gasteiger partial charge on any atom is -0.321 e. The maximum Gasteiger partial charge on any atom is 0.255 e. The van der Waals surface area contributed by atoms with Crippen LogP contribution in [0, 0.1) is 5.82 Å². The largest absolute Gasteiger partial charge is 0.321 e. The normalized spacial score (nSPS) is 10.2. The van der Waals surface area contributed by atoms with Gasteiger partial charge in [-0.3, -0.25) is 4.79 Å². The predicted molar refractivity (Wildman–Crippen MR) is 86.2 cm³/mol. The van der Waals surface area contributed by atoms with Crippen LogP contribution in [0.2, 0.25) is 0 Å². The van der Waals surface area contributed by atoms with E-state index in [1.165, 1.54) is 24.3 Å². The summed E-state index contributed by atoms with van der Waals surface area (Å²) in [6.07, 6.45) is 0. The van der Waals surface area contributed by atoms with Crippen LogP contribution in [0.5, 0.6) is 0 Å². The van der Waals surface area contributed by atoms with Gasteiger partial charge in [0.15, 0.2) is 0 Å². The number of halogens is 1. The Kier molecular flexibility index (Phi) is 3.97. The number of anilines is 1. The van der Waals surface area contributed by atoms with Gasteiger partial charge in [-0.25, -0.2) is 4.39 Å². The van der Waals surface area contributed by atoms with Crippen molar-refractivity contribution in [3.05, 3.63) is 90.2 Å².